The molecule has 2 aromatic rings. The molecule has 0 aliphatic carbocycles. The quantitative estimate of drug-likeness (QED) is 0.918. The Labute approximate surface area is 141 Å². The van der Waals surface area contributed by atoms with Crippen LogP contribution in [0.3, 0.4) is 0 Å². The zero-order valence-corrected chi connectivity index (χ0v) is 14.1. The highest BCUT2D eigenvalue weighted by Crippen LogP contribution is 2.48. The molecule has 5 nitrogen and oxygen atoms in total. The van der Waals surface area contributed by atoms with E-state index >= 15 is 0 Å². The molecule has 5 heteroatoms. The van der Waals surface area contributed by atoms with Gasteiger partial charge in [-0.25, -0.2) is 0 Å². The highest BCUT2D eigenvalue weighted by Gasteiger charge is 2.38. The van der Waals surface area contributed by atoms with Gasteiger partial charge in [0.2, 0.25) is 12.6 Å². The van der Waals surface area contributed by atoms with Crippen molar-refractivity contribution in [2.24, 2.45) is 0 Å². The molecule has 4 rings (SSSR count). The number of nitrogens with zero attached hydrogens (tertiary/aromatic N) is 1. The fourth-order valence-corrected chi connectivity index (χ4v) is 3.37. The van der Waals surface area contributed by atoms with E-state index in [1.54, 1.807) is 6.92 Å². The largest absolute Gasteiger partial charge is 0.462 e. The molecule has 2 atom stereocenters. The summed E-state index contributed by atoms with van der Waals surface area (Å²) < 4.78 is 16.7. The number of anilines is 1. The van der Waals surface area contributed by atoms with Crippen molar-refractivity contribution >= 4 is 5.69 Å². The fraction of sp³-hybridized carbons (Fsp3) is 0.368. The minimum atomic E-state index is -1.22. The lowest BCUT2D eigenvalue weighted by Gasteiger charge is -2.36. The molecule has 2 aliphatic heterocycles. The van der Waals surface area contributed by atoms with E-state index < -0.39 is 5.79 Å². The molecule has 0 spiro atoms. The SMILES string of the molecule is CN(C)c1ccc(C2CC(C)(O)Oc3cc4c(cc32)OCO4)cc1. The van der Waals surface area contributed by atoms with Crippen LogP contribution in [0.4, 0.5) is 5.69 Å². The molecule has 0 bridgehead atoms. The van der Waals surface area contributed by atoms with Gasteiger partial charge < -0.3 is 24.2 Å². The minimum absolute atomic E-state index is 0.0365. The van der Waals surface area contributed by atoms with E-state index in [-0.39, 0.29) is 12.7 Å². The van der Waals surface area contributed by atoms with E-state index in [9.17, 15) is 5.11 Å². The predicted octanol–water partition coefficient (Wildman–Crippen LogP) is 3.10. The minimum Gasteiger partial charge on any atom is -0.462 e. The van der Waals surface area contributed by atoms with E-state index in [1.165, 1.54) is 0 Å². The van der Waals surface area contributed by atoms with Gasteiger partial charge >= 0.3 is 0 Å². The first-order valence-electron chi connectivity index (χ1n) is 8.05. The first-order chi connectivity index (χ1) is 11.4. The summed E-state index contributed by atoms with van der Waals surface area (Å²) >= 11 is 0. The van der Waals surface area contributed by atoms with Crippen LogP contribution in [0.1, 0.15) is 30.4 Å². The van der Waals surface area contributed by atoms with E-state index in [1.807, 2.05) is 26.2 Å². The molecule has 2 aromatic carbocycles. The zero-order chi connectivity index (χ0) is 16.9. The second kappa shape index (κ2) is 5.31. The van der Waals surface area contributed by atoms with E-state index in [4.69, 9.17) is 14.2 Å². The zero-order valence-electron chi connectivity index (χ0n) is 14.1. The second-order valence-corrected chi connectivity index (χ2v) is 6.76. The van der Waals surface area contributed by atoms with Gasteiger partial charge in [0, 0.05) is 50.7 Å². The molecule has 0 fully saturated rings. The monoisotopic (exact) mass is 327 g/mol. The third-order valence-electron chi connectivity index (χ3n) is 4.60. The Morgan fingerprint density at radius 2 is 1.71 bits per heavy atom. The number of benzene rings is 2. The van der Waals surface area contributed by atoms with Crippen molar-refractivity contribution in [1.29, 1.82) is 0 Å². The van der Waals surface area contributed by atoms with Gasteiger partial charge in [-0.3, -0.25) is 0 Å². The molecule has 126 valence electrons. The Hall–Kier alpha value is -2.40. The molecule has 24 heavy (non-hydrogen) atoms. The third kappa shape index (κ3) is 2.55. The number of hydrogen-bond donors (Lipinski definition) is 1. The van der Waals surface area contributed by atoms with Gasteiger partial charge in [-0.05, 0) is 23.8 Å². The first kappa shape index (κ1) is 15.1. The number of ether oxygens (including phenoxy) is 3. The van der Waals surface area contributed by atoms with Gasteiger partial charge in [-0.2, -0.15) is 0 Å². The molecule has 1 N–H and O–H groups in total. The predicted molar refractivity (Wildman–Crippen MR) is 91.0 cm³/mol. The van der Waals surface area contributed by atoms with Crippen LogP contribution < -0.4 is 19.1 Å². The lowest BCUT2D eigenvalue weighted by molar-refractivity contribution is -0.137. The maximum Gasteiger partial charge on any atom is 0.231 e. The number of aliphatic hydroxyl groups is 1. The van der Waals surface area contributed by atoms with Gasteiger partial charge in [0.15, 0.2) is 11.5 Å². The van der Waals surface area contributed by atoms with Crippen molar-refractivity contribution in [2.45, 2.75) is 25.0 Å². The summed E-state index contributed by atoms with van der Waals surface area (Å²) in [6, 6.07) is 12.2. The second-order valence-electron chi connectivity index (χ2n) is 6.76. The fourth-order valence-electron chi connectivity index (χ4n) is 3.37. The highest BCUT2D eigenvalue weighted by molar-refractivity contribution is 5.57. The summed E-state index contributed by atoms with van der Waals surface area (Å²) in [4.78, 5) is 2.07. The molecule has 0 aromatic heterocycles. The average molecular weight is 327 g/mol. The molecule has 2 heterocycles. The van der Waals surface area contributed by atoms with Crippen LogP contribution in [-0.2, 0) is 0 Å². The summed E-state index contributed by atoms with van der Waals surface area (Å²) in [6.45, 7) is 1.92. The topological polar surface area (TPSA) is 51.2 Å². The van der Waals surface area contributed by atoms with Crippen molar-refractivity contribution < 1.29 is 19.3 Å². The van der Waals surface area contributed by atoms with Crippen molar-refractivity contribution in [1.82, 2.24) is 0 Å². The number of hydrogen-bond acceptors (Lipinski definition) is 5. The van der Waals surface area contributed by atoms with Crippen molar-refractivity contribution in [3.8, 4) is 17.2 Å². The molecule has 0 amide bonds. The van der Waals surface area contributed by atoms with Crippen LogP contribution in [0.15, 0.2) is 36.4 Å². The van der Waals surface area contributed by atoms with Crippen LogP contribution in [-0.4, -0.2) is 31.8 Å². The van der Waals surface area contributed by atoms with Gasteiger partial charge in [-0.15, -0.1) is 0 Å². The van der Waals surface area contributed by atoms with Gasteiger partial charge in [0.1, 0.15) is 5.75 Å². The highest BCUT2D eigenvalue weighted by atomic mass is 16.7. The van der Waals surface area contributed by atoms with E-state index in [0.717, 1.165) is 22.6 Å². The van der Waals surface area contributed by atoms with Gasteiger partial charge in [0.05, 0.1) is 0 Å². The molecular weight excluding hydrogens is 306 g/mol. The Bertz CT molecular complexity index is 768. The molecule has 2 aliphatic rings. The third-order valence-corrected chi connectivity index (χ3v) is 4.60. The number of rotatable bonds is 2. The van der Waals surface area contributed by atoms with Gasteiger partial charge in [0.25, 0.3) is 0 Å². The first-order valence-corrected chi connectivity index (χ1v) is 8.05. The summed E-state index contributed by atoms with van der Waals surface area (Å²) in [5, 5.41) is 10.5. The number of fused-ring (bicyclic) bond motifs is 2. The van der Waals surface area contributed by atoms with Crippen LogP contribution in [0.5, 0.6) is 17.2 Å². The van der Waals surface area contributed by atoms with Crippen LogP contribution in [0.2, 0.25) is 0 Å². The van der Waals surface area contributed by atoms with Crippen LogP contribution in [0.25, 0.3) is 0 Å². The summed E-state index contributed by atoms with van der Waals surface area (Å²) in [7, 11) is 4.04. The average Bonchev–Trinajstić information content (AvgIpc) is 2.98. The Morgan fingerprint density at radius 1 is 1.04 bits per heavy atom. The summed E-state index contributed by atoms with van der Waals surface area (Å²) in [6.07, 6.45) is 0.487. The van der Waals surface area contributed by atoms with Crippen molar-refractivity contribution in [3.05, 3.63) is 47.5 Å². The lowest BCUT2D eigenvalue weighted by atomic mass is 9.83. The van der Waals surface area contributed by atoms with Crippen LogP contribution in [0, 0.1) is 0 Å². The smallest absolute Gasteiger partial charge is 0.231 e. The molecule has 2 unspecified atom stereocenters. The van der Waals surface area contributed by atoms with Crippen molar-refractivity contribution in [3.63, 3.8) is 0 Å². The van der Waals surface area contributed by atoms with Crippen molar-refractivity contribution in [2.75, 3.05) is 25.8 Å². The Morgan fingerprint density at radius 3 is 2.38 bits per heavy atom. The summed E-state index contributed by atoms with van der Waals surface area (Å²) in [5.74, 6) is 0.861. The standard InChI is InChI=1S/C19H21NO4/c1-19(21)10-15(12-4-6-13(7-5-12)20(2)3)14-8-17-18(23-11-22-17)9-16(14)24-19/h4-9,15,21H,10-11H2,1-3H3. The van der Waals surface area contributed by atoms with Crippen LogP contribution >= 0.6 is 0 Å². The summed E-state index contributed by atoms with van der Waals surface area (Å²) in [5.41, 5.74) is 3.30. The maximum absolute atomic E-state index is 10.5. The normalized spacial score (nSPS) is 24.2. The maximum atomic E-state index is 10.5. The van der Waals surface area contributed by atoms with E-state index in [2.05, 4.69) is 29.2 Å². The van der Waals surface area contributed by atoms with Gasteiger partial charge in [-0.1, -0.05) is 12.1 Å². The molecule has 0 saturated heterocycles. The molecule has 0 saturated carbocycles. The molecular formula is C19H21NO4. The van der Waals surface area contributed by atoms with E-state index in [0.29, 0.717) is 17.9 Å². The Balaban J connectivity index is 1.78. The Kier molecular flexibility index (Phi) is 3.35. The molecule has 0 radical (unpaired) electrons. The lowest BCUT2D eigenvalue weighted by Crippen LogP contribution is -2.38.